The van der Waals surface area contributed by atoms with Gasteiger partial charge in [0.05, 0.1) is 19.9 Å². The number of amides is 2. The zero-order valence-electron chi connectivity index (χ0n) is 21.0. The van der Waals surface area contributed by atoms with Crippen LogP contribution in [0.2, 0.25) is 0 Å². The first-order valence-electron chi connectivity index (χ1n) is 12.4. The molecular formula is C29H30N4O4. The molecule has 1 fully saturated rings. The van der Waals surface area contributed by atoms with Crippen molar-refractivity contribution in [1.29, 1.82) is 0 Å². The number of ether oxygens (including phenoxy) is 2. The summed E-state index contributed by atoms with van der Waals surface area (Å²) in [6, 6.07) is 16.6. The van der Waals surface area contributed by atoms with Crippen LogP contribution in [0.25, 0.3) is 5.70 Å². The molecule has 0 spiro atoms. The highest BCUT2D eigenvalue weighted by molar-refractivity contribution is 5.95. The van der Waals surface area contributed by atoms with E-state index < -0.39 is 0 Å². The molecule has 1 atom stereocenters. The van der Waals surface area contributed by atoms with Crippen molar-refractivity contribution >= 4 is 17.5 Å². The van der Waals surface area contributed by atoms with Gasteiger partial charge in [-0.05, 0) is 61.7 Å². The van der Waals surface area contributed by atoms with Crippen molar-refractivity contribution in [2.75, 3.05) is 27.3 Å². The van der Waals surface area contributed by atoms with E-state index in [9.17, 15) is 9.59 Å². The highest BCUT2D eigenvalue weighted by atomic mass is 16.5. The van der Waals surface area contributed by atoms with Crippen LogP contribution >= 0.6 is 0 Å². The highest BCUT2D eigenvalue weighted by Gasteiger charge is 2.30. The summed E-state index contributed by atoms with van der Waals surface area (Å²) in [5.41, 5.74) is 3.72. The highest BCUT2D eigenvalue weighted by Crippen LogP contribution is 2.32. The molecule has 0 unspecified atom stereocenters. The smallest absolute Gasteiger partial charge is 0.274 e. The van der Waals surface area contributed by atoms with Gasteiger partial charge in [0.25, 0.3) is 11.8 Å². The van der Waals surface area contributed by atoms with Crippen LogP contribution in [-0.4, -0.2) is 59.8 Å². The molecule has 2 amide bonds. The van der Waals surface area contributed by atoms with Crippen molar-refractivity contribution in [3.8, 4) is 11.5 Å². The van der Waals surface area contributed by atoms with Gasteiger partial charge in [0.1, 0.15) is 0 Å². The minimum Gasteiger partial charge on any atom is -0.493 e. The average molecular weight is 499 g/mol. The number of allylic oxidation sites excluding steroid dienone is 3. The number of nitrogens with zero attached hydrogens (tertiary/aromatic N) is 3. The minimum atomic E-state index is -0.129. The number of nitrogens with one attached hydrogen (secondary N) is 1. The lowest BCUT2D eigenvalue weighted by atomic mass is 10.1. The van der Waals surface area contributed by atoms with Gasteiger partial charge < -0.3 is 19.7 Å². The van der Waals surface area contributed by atoms with E-state index >= 15 is 0 Å². The molecule has 1 saturated heterocycles. The summed E-state index contributed by atoms with van der Waals surface area (Å²) in [6.07, 6.45) is 8.44. The van der Waals surface area contributed by atoms with Crippen LogP contribution in [0.3, 0.4) is 0 Å². The third kappa shape index (κ3) is 5.14. The quantitative estimate of drug-likeness (QED) is 0.557. The second kappa shape index (κ2) is 10.7. The third-order valence-corrected chi connectivity index (χ3v) is 6.71. The van der Waals surface area contributed by atoms with Crippen molar-refractivity contribution in [2.24, 2.45) is 0 Å². The van der Waals surface area contributed by atoms with E-state index in [1.807, 2.05) is 59.3 Å². The van der Waals surface area contributed by atoms with Gasteiger partial charge in [0, 0.05) is 36.0 Å². The normalized spacial score (nSPS) is 19.1. The first-order chi connectivity index (χ1) is 18.1. The number of hydrogen-bond acceptors (Lipinski definition) is 5. The van der Waals surface area contributed by atoms with Gasteiger partial charge in [0.15, 0.2) is 17.2 Å². The number of hydrogen-bond donors (Lipinski definition) is 1. The number of rotatable bonds is 6. The van der Waals surface area contributed by atoms with Gasteiger partial charge in [-0.25, -0.2) is 4.68 Å². The summed E-state index contributed by atoms with van der Waals surface area (Å²) >= 11 is 0. The van der Waals surface area contributed by atoms with Crippen LogP contribution in [-0.2, 0) is 6.42 Å². The number of carbonyl (C=O) groups is 2. The molecule has 0 aliphatic carbocycles. The number of aryl methyl sites for hydroxylation is 1. The number of benzene rings is 2. The monoisotopic (exact) mass is 498 g/mol. The lowest BCUT2D eigenvalue weighted by Crippen LogP contribution is -2.38. The lowest BCUT2D eigenvalue weighted by molar-refractivity contribution is 0.0777. The summed E-state index contributed by atoms with van der Waals surface area (Å²) in [7, 11) is 3.21. The van der Waals surface area contributed by atoms with E-state index in [-0.39, 0.29) is 17.9 Å². The van der Waals surface area contributed by atoms with E-state index in [0.29, 0.717) is 42.3 Å². The van der Waals surface area contributed by atoms with E-state index in [4.69, 9.17) is 14.6 Å². The summed E-state index contributed by atoms with van der Waals surface area (Å²) in [5.74, 6) is 1.02. The Kier molecular flexibility index (Phi) is 7.07. The molecule has 8 nitrogen and oxygen atoms in total. The zero-order valence-corrected chi connectivity index (χ0v) is 21.0. The Morgan fingerprint density at radius 2 is 1.84 bits per heavy atom. The molecule has 0 radical (unpaired) electrons. The fraction of sp³-hybridized carbons (Fsp3) is 0.276. The molecule has 3 heterocycles. The van der Waals surface area contributed by atoms with Crippen LogP contribution in [0, 0.1) is 0 Å². The Labute approximate surface area is 216 Å². The van der Waals surface area contributed by atoms with Gasteiger partial charge in [-0.15, -0.1) is 0 Å². The lowest BCUT2D eigenvalue weighted by Gasteiger charge is -2.16. The Morgan fingerprint density at radius 1 is 1.03 bits per heavy atom. The van der Waals surface area contributed by atoms with E-state index in [0.717, 1.165) is 29.8 Å². The first kappa shape index (κ1) is 24.4. The number of aromatic nitrogens is 2. The number of carbonyl (C=O) groups excluding carboxylic acids is 2. The van der Waals surface area contributed by atoms with Crippen LogP contribution in [0.1, 0.15) is 44.9 Å². The van der Waals surface area contributed by atoms with E-state index in [1.54, 1.807) is 31.3 Å². The van der Waals surface area contributed by atoms with Gasteiger partial charge in [-0.3, -0.25) is 9.59 Å². The molecule has 2 aliphatic heterocycles. The molecule has 1 aromatic heterocycles. The van der Waals surface area contributed by atoms with Crippen LogP contribution in [0.15, 0.2) is 72.8 Å². The van der Waals surface area contributed by atoms with E-state index in [2.05, 4.69) is 11.4 Å². The van der Waals surface area contributed by atoms with Crippen LogP contribution in [0.4, 0.5) is 0 Å². The Balaban J connectivity index is 1.35. The molecule has 5 rings (SSSR count). The molecule has 2 aromatic carbocycles. The van der Waals surface area contributed by atoms with Crippen molar-refractivity contribution in [1.82, 2.24) is 20.0 Å². The molecule has 1 N–H and O–H groups in total. The maximum absolute atomic E-state index is 13.4. The largest absolute Gasteiger partial charge is 0.493 e. The van der Waals surface area contributed by atoms with Gasteiger partial charge in [-0.1, -0.05) is 30.4 Å². The Morgan fingerprint density at radius 3 is 2.62 bits per heavy atom. The predicted molar refractivity (Wildman–Crippen MR) is 141 cm³/mol. The average Bonchev–Trinajstić information content (AvgIpc) is 3.56. The molecule has 190 valence electrons. The van der Waals surface area contributed by atoms with Crippen molar-refractivity contribution in [2.45, 2.75) is 25.3 Å². The van der Waals surface area contributed by atoms with Crippen molar-refractivity contribution < 1.29 is 19.1 Å². The standard InChI is InChI=1S/C29H30N4O4/c1-36-26-14-13-21(17-27(26)37-2)25-12-8-4-7-11-23-18-24(31-33(23)25)29(35)32-16-15-22(19-32)30-28(34)20-9-5-3-6-10-20/h3-6,8-10,12-14,17-18,22H,7,11,15-16,19H2,1-2H3,(H,30,34)/b8-4-,25-12-/t22-/m1/s1. The second-order valence-corrected chi connectivity index (χ2v) is 9.10. The summed E-state index contributed by atoms with van der Waals surface area (Å²) in [5, 5.41) is 7.80. The fourth-order valence-electron chi connectivity index (χ4n) is 4.77. The molecule has 8 heteroatoms. The molecule has 3 aromatic rings. The minimum absolute atomic E-state index is 0.0910. The van der Waals surface area contributed by atoms with Gasteiger partial charge >= 0.3 is 0 Å². The number of methoxy groups -OCH3 is 2. The molecule has 37 heavy (non-hydrogen) atoms. The predicted octanol–water partition coefficient (Wildman–Crippen LogP) is 3.94. The molecule has 2 aliphatic rings. The van der Waals surface area contributed by atoms with E-state index in [1.165, 1.54) is 0 Å². The van der Waals surface area contributed by atoms with Crippen LogP contribution < -0.4 is 14.8 Å². The molecule has 0 bridgehead atoms. The number of likely N-dealkylation sites (tertiary alicyclic amines) is 1. The van der Waals surface area contributed by atoms with Crippen LogP contribution in [0.5, 0.6) is 11.5 Å². The fourth-order valence-corrected chi connectivity index (χ4v) is 4.77. The second-order valence-electron chi connectivity index (χ2n) is 9.10. The SMILES string of the molecule is COc1ccc(/C2=C/C=C\CCc3cc(C(=O)N4CC[C@@H](NC(=O)c5ccccc5)C4)nn32)cc1OC. The Bertz CT molecular complexity index is 1360. The Hall–Kier alpha value is -4.33. The summed E-state index contributed by atoms with van der Waals surface area (Å²) < 4.78 is 12.7. The summed E-state index contributed by atoms with van der Waals surface area (Å²) in [6.45, 7) is 1.03. The van der Waals surface area contributed by atoms with Crippen molar-refractivity contribution in [3.63, 3.8) is 0 Å². The van der Waals surface area contributed by atoms with Crippen molar-refractivity contribution in [3.05, 3.63) is 95.3 Å². The maximum atomic E-state index is 13.4. The summed E-state index contributed by atoms with van der Waals surface area (Å²) in [4.78, 5) is 27.7. The first-order valence-corrected chi connectivity index (χ1v) is 12.4. The molecule has 0 saturated carbocycles. The molecular weight excluding hydrogens is 468 g/mol. The number of fused-ring (bicyclic) bond motifs is 1. The van der Waals surface area contributed by atoms with Gasteiger partial charge in [0.2, 0.25) is 0 Å². The topological polar surface area (TPSA) is 85.7 Å². The zero-order chi connectivity index (χ0) is 25.8. The third-order valence-electron chi connectivity index (χ3n) is 6.71. The van der Waals surface area contributed by atoms with Gasteiger partial charge in [-0.2, -0.15) is 5.10 Å². The maximum Gasteiger partial charge on any atom is 0.274 e.